The molecule has 35 heavy (non-hydrogen) atoms. The average Bonchev–Trinajstić information content (AvgIpc) is 3.25. The molecule has 1 aliphatic carbocycles. The first-order valence-electron chi connectivity index (χ1n) is 11.2. The zero-order valence-electron chi connectivity index (χ0n) is 19.0. The molecule has 0 aromatic heterocycles. The third-order valence-electron chi connectivity index (χ3n) is 6.45. The van der Waals surface area contributed by atoms with Crippen LogP contribution in [0, 0.1) is 11.8 Å². The first-order chi connectivity index (χ1) is 16.1. The lowest BCUT2D eigenvalue weighted by Gasteiger charge is -2.32. The van der Waals surface area contributed by atoms with Crippen molar-refractivity contribution in [3.8, 4) is 0 Å². The number of nitrogens with two attached hydrogens (primary N) is 1. The Kier molecular flexibility index (Phi) is 9.94. The van der Waals surface area contributed by atoms with Crippen LogP contribution in [0.15, 0.2) is 0 Å². The van der Waals surface area contributed by atoms with Gasteiger partial charge in [0, 0.05) is 38.1 Å². The predicted molar refractivity (Wildman–Crippen MR) is 117 cm³/mol. The van der Waals surface area contributed by atoms with Crippen molar-refractivity contribution < 1.29 is 51.4 Å². The van der Waals surface area contributed by atoms with E-state index in [0.717, 1.165) is 25.8 Å². The summed E-state index contributed by atoms with van der Waals surface area (Å²) < 4.78 is 61.3. The standard InChI is InChI=1S/C16H31BN4O6S.C2HF3O2/c18-16(15(22)23)11-20(10-13(16)2-1-6-17(24)25)28(26,27)21(9-12-3-4-12)14-5-7-19-8-14;3-2(4,5)1(6)7/h12-14,19,24-25H,1-11,18H2,(H,22,23);(H,6,7)/t13-,14+,16-;/m0./s1. The van der Waals surface area contributed by atoms with E-state index in [9.17, 15) is 31.5 Å². The van der Waals surface area contributed by atoms with E-state index < -0.39 is 46.9 Å². The lowest BCUT2D eigenvalue weighted by molar-refractivity contribution is -0.192. The van der Waals surface area contributed by atoms with E-state index in [1.807, 2.05) is 0 Å². The number of halogens is 3. The molecule has 12 nitrogen and oxygen atoms in total. The molecule has 2 saturated heterocycles. The predicted octanol–water partition coefficient (Wildman–Crippen LogP) is -1.09. The topological polar surface area (TPSA) is 194 Å². The number of hydrogen-bond donors (Lipinski definition) is 6. The van der Waals surface area contributed by atoms with Gasteiger partial charge < -0.3 is 31.3 Å². The molecular formula is C18H32BF3N4O8S. The molecule has 0 spiro atoms. The lowest BCUT2D eigenvalue weighted by Crippen LogP contribution is -2.56. The number of carbonyl (C=O) groups is 2. The highest BCUT2D eigenvalue weighted by Gasteiger charge is 2.54. The van der Waals surface area contributed by atoms with E-state index in [4.69, 9.17) is 25.7 Å². The fourth-order valence-corrected chi connectivity index (χ4v) is 6.23. The van der Waals surface area contributed by atoms with E-state index in [-0.39, 0.29) is 25.5 Å². The molecule has 0 aromatic rings. The molecule has 1 saturated carbocycles. The van der Waals surface area contributed by atoms with Crippen LogP contribution in [0.2, 0.25) is 6.32 Å². The molecule has 0 aromatic carbocycles. The molecule has 0 unspecified atom stereocenters. The van der Waals surface area contributed by atoms with Gasteiger partial charge in [-0.1, -0.05) is 6.42 Å². The van der Waals surface area contributed by atoms with Crippen LogP contribution in [0.25, 0.3) is 0 Å². The number of hydrogen-bond acceptors (Lipinski definition) is 8. The van der Waals surface area contributed by atoms with Gasteiger partial charge in [-0.25, -0.2) is 4.79 Å². The number of nitrogens with one attached hydrogen (secondary N) is 1. The van der Waals surface area contributed by atoms with Crippen LogP contribution in [-0.2, 0) is 19.8 Å². The summed E-state index contributed by atoms with van der Waals surface area (Å²) in [5.41, 5.74) is 4.48. The van der Waals surface area contributed by atoms with Crippen LogP contribution in [0.3, 0.4) is 0 Å². The van der Waals surface area contributed by atoms with Crippen molar-refractivity contribution in [2.75, 3.05) is 32.7 Å². The van der Waals surface area contributed by atoms with E-state index in [1.54, 1.807) is 4.31 Å². The molecule has 0 amide bonds. The fourth-order valence-electron chi connectivity index (χ4n) is 4.23. The van der Waals surface area contributed by atoms with Crippen LogP contribution in [0.1, 0.15) is 32.1 Å². The van der Waals surface area contributed by atoms with Crippen molar-refractivity contribution in [2.45, 2.75) is 56.2 Å². The Bertz CT molecular complexity index is 855. The maximum Gasteiger partial charge on any atom is 0.490 e. The first kappa shape index (κ1) is 29.7. The highest BCUT2D eigenvalue weighted by molar-refractivity contribution is 7.86. The second-order valence-electron chi connectivity index (χ2n) is 9.22. The highest BCUT2D eigenvalue weighted by Crippen LogP contribution is 2.36. The molecule has 2 heterocycles. The van der Waals surface area contributed by atoms with E-state index in [1.165, 1.54) is 4.31 Å². The molecule has 3 fully saturated rings. The van der Waals surface area contributed by atoms with Crippen LogP contribution in [-0.4, -0.2) is 107 Å². The minimum Gasteiger partial charge on any atom is -0.480 e. The van der Waals surface area contributed by atoms with E-state index in [0.29, 0.717) is 31.8 Å². The fraction of sp³-hybridized carbons (Fsp3) is 0.889. The van der Waals surface area contributed by atoms with Gasteiger partial charge in [-0.05, 0) is 44.5 Å². The van der Waals surface area contributed by atoms with Gasteiger partial charge in [-0.2, -0.15) is 30.2 Å². The Morgan fingerprint density at radius 1 is 1.20 bits per heavy atom. The number of carboxylic acid groups (broad SMARTS) is 2. The number of rotatable bonds is 10. The molecule has 3 rings (SSSR count). The molecule has 3 aliphatic rings. The van der Waals surface area contributed by atoms with Gasteiger partial charge in [-0.15, -0.1) is 0 Å². The van der Waals surface area contributed by atoms with Crippen molar-refractivity contribution in [1.29, 1.82) is 0 Å². The van der Waals surface area contributed by atoms with Crippen molar-refractivity contribution in [1.82, 2.24) is 13.9 Å². The smallest absolute Gasteiger partial charge is 0.480 e. The summed E-state index contributed by atoms with van der Waals surface area (Å²) in [5.74, 6) is -4.19. The van der Waals surface area contributed by atoms with Gasteiger partial charge in [0.1, 0.15) is 5.54 Å². The molecule has 202 valence electrons. The first-order valence-corrected chi connectivity index (χ1v) is 12.6. The molecule has 7 N–H and O–H groups in total. The Labute approximate surface area is 201 Å². The lowest BCUT2D eigenvalue weighted by atomic mass is 9.78. The summed E-state index contributed by atoms with van der Waals surface area (Å²) in [6, 6.07) is -0.119. The normalized spacial score (nSPS) is 27.5. The van der Waals surface area contributed by atoms with Crippen molar-refractivity contribution >= 4 is 29.3 Å². The van der Waals surface area contributed by atoms with Gasteiger partial charge in [0.2, 0.25) is 0 Å². The largest absolute Gasteiger partial charge is 0.490 e. The number of aliphatic carboxylic acids is 2. The van der Waals surface area contributed by atoms with Crippen LogP contribution >= 0.6 is 0 Å². The van der Waals surface area contributed by atoms with Gasteiger partial charge in [0.05, 0.1) is 0 Å². The Hall–Kier alpha value is -1.50. The molecule has 0 bridgehead atoms. The summed E-state index contributed by atoms with van der Waals surface area (Å²) in [6.45, 7) is 1.61. The third kappa shape index (κ3) is 8.00. The van der Waals surface area contributed by atoms with Crippen LogP contribution in [0.4, 0.5) is 13.2 Å². The Morgan fingerprint density at radius 2 is 1.80 bits per heavy atom. The van der Waals surface area contributed by atoms with E-state index >= 15 is 0 Å². The van der Waals surface area contributed by atoms with Gasteiger partial charge in [0.15, 0.2) is 0 Å². The van der Waals surface area contributed by atoms with E-state index in [2.05, 4.69) is 5.32 Å². The summed E-state index contributed by atoms with van der Waals surface area (Å²) in [6.07, 6.45) is -1.52. The second-order valence-corrected chi connectivity index (χ2v) is 11.1. The number of carboxylic acids is 2. The van der Waals surface area contributed by atoms with Gasteiger partial charge >= 0.3 is 25.2 Å². The maximum absolute atomic E-state index is 13.4. The number of alkyl halides is 3. The summed E-state index contributed by atoms with van der Waals surface area (Å²) in [4.78, 5) is 20.7. The third-order valence-corrected chi connectivity index (χ3v) is 8.42. The summed E-state index contributed by atoms with van der Waals surface area (Å²) in [7, 11) is -5.30. The highest BCUT2D eigenvalue weighted by atomic mass is 32.2. The minimum atomic E-state index is -5.08. The zero-order valence-corrected chi connectivity index (χ0v) is 19.8. The summed E-state index contributed by atoms with van der Waals surface area (Å²) >= 11 is 0. The quantitative estimate of drug-likeness (QED) is 0.188. The average molecular weight is 532 g/mol. The molecule has 3 atom stereocenters. The molecule has 0 radical (unpaired) electrons. The molecule has 17 heteroatoms. The van der Waals surface area contributed by atoms with Crippen molar-refractivity contribution in [2.24, 2.45) is 17.6 Å². The summed E-state index contributed by atoms with van der Waals surface area (Å²) in [5, 5.41) is 38.0. The zero-order chi connectivity index (χ0) is 26.6. The second kappa shape index (κ2) is 11.7. The molecule has 2 aliphatic heterocycles. The Morgan fingerprint density at radius 3 is 2.23 bits per heavy atom. The Balaban J connectivity index is 0.000000540. The van der Waals surface area contributed by atoms with Crippen LogP contribution in [0.5, 0.6) is 0 Å². The van der Waals surface area contributed by atoms with Crippen molar-refractivity contribution in [3.05, 3.63) is 0 Å². The SMILES string of the molecule is N[C@@]1(C(=O)O)CN(S(=O)(=O)N(CC2CC2)[C@@H]2CCNC2)C[C@@H]1CCCB(O)O.O=C(O)C(F)(F)F. The van der Waals surface area contributed by atoms with Crippen LogP contribution < -0.4 is 11.1 Å². The van der Waals surface area contributed by atoms with Crippen molar-refractivity contribution in [3.63, 3.8) is 0 Å². The molecular weight excluding hydrogens is 500 g/mol. The minimum absolute atomic E-state index is 0.0357. The van der Waals surface area contributed by atoms with Gasteiger partial charge in [-0.3, -0.25) is 4.79 Å². The monoisotopic (exact) mass is 532 g/mol. The number of nitrogens with zero attached hydrogens (tertiary/aromatic N) is 2. The van der Waals surface area contributed by atoms with Gasteiger partial charge in [0.25, 0.3) is 10.2 Å². The maximum atomic E-state index is 13.4.